The summed E-state index contributed by atoms with van der Waals surface area (Å²) in [5.41, 5.74) is 10.2. The minimum Gasteiger partial charge on any atom is -0.480 e. The minimum atomic E-state index is -3.97. The number of rotatable bonds is 7. The molecular formula is C24H22N6O5S. The summed E-state index contributed by atoms with van der Waals surface area (Å²) >= 11 is 0. The van der Waals surface area contributed by atoms with Gasteiger partial charge >= 0.3 is 0 Å². The van der Waals surface area contributed by atoms with E-state index in [9.17, 15) is 13.2 Å². The molecule has 3 aromatic rings. The Balaban J connectivity index is 1.41. The van der Waals surface area contributed by atoms with Crippen LogP contribution in [0.4, 0.5) is 5.69 Å². The van der Waals surface area contributed by atoms with Crippen LogP contribution in [0, 0.1) is 0 Å². The van der Waals surface area contributed by atoms with Gasteiger partial charge in [-0.3, -0.25) is 9.79 Å². The van der Waals surface area contributed by atoms with Gasteiger partial charge in [0.1, 0.15) is 17.0 Å². The maximum Gasteiger partial charge on any atom is 0.246 e. The number of methoxy groups -OCH3 is 1. The first-order valence-corrected chi connectivity index (χ1v) is 12.4. The fourth-order valence-corrected chi connectivity index (χ4v) is 5.00. The average Bonchev–Trinajstić information content (AvgIpc) is 3.40. The summed E-state index contributed by atoms with van der Waals surface area (Å²) in [6.07, 6.45) is 7.81. The van der Waals surface area contributed by atoms with Gasteiger partial charge in [-0.2, -0.15) is 0 Å². The molecule has 0 saturated heterocycles. The van der Waals surface area contributed by atoms with E-state index < -0.39 is 10.0 Å². The van der Waals surface area contributed by atoms with Crippen molar-refractivity contribution in [2.45, 2.75) is 24.4 Å². The maximum absolute atomic E-state index is 13.0. The minimum absolute atomic E-state index is 0.0302. The summed E-state index contributed by atoms with van der Waals surface area (Å²) in [6, 6.07) is 7.16. The van der Waals surface area contributed by atoms with E-state index in [2.05, 4.69) is 25.0 Å². The molecule has 0 spiro atoms. The normalized spacial score (nSPS) is 15.4. The molecule has 12 heteroatoms. The fourth-order valence-electron chi connectivity index (χ4n) is 3.88. The SMILES string of the molecule is COc1ncc(-c2ccc3c(c2)CN=C(C2=CCC(=O)C=C2N)N3)cc1S(=O)(=O)NCc1ncco1. The molecular weight excluding hydrogens is 484 g/mol. The highest BCUT2D eigenvalue weighted by Crippen LogP contribution is 2.32. The molecule has 2 aromatic heterocycles. The van der Waals surface area contributed by atoms with E-state index in [1.807, 2.05) is 18.2 Å². The number of allylic oxidation sites excluding steroid dienone is 2. The Morgan fingerprint density at radius 1 is 1.22 bits per heavy atom. The van der Waals surface area contributed by atoms with Crippen LogP contribution in [0.1, 0.15) is 17.9 Å². The van der Waals surface area contributed by atoms with Crippen LogP contribution in [0.3, 0.4) is 0 Å². The lowest BCUT2D eigenvalue weighted by Crippen LogP contribution is -2.25. The van der Waals surface area contributed by atoms with Crippen molar-refractivity contribution in [1.29, 1.82) is 0 Å². The molecule has 11 nitrogen and oxygen atoms in total. The van der Waals surface area contributed by atoms with Gasteiger partial charge in [0, 0.05) is 41.2 Å². The van der Waals surface area contributed by atoms with Crippen LogP contribution < -0.4 is 20.5 Å². The number of oxazole rings is 1. The Labute approximate surface area is 206 Å². The molecule has 0 radical (unpaired) electrons. The molecule has 1 aliphatic heterocycles. The third-order valence-electron chi connectivity index (χ3n) is 5.69. The molecule has 3 heterocycles. The summed E-state index contributed by atoms with van der Waals surface area (Å²) in [4.78, 5) is 24.2. The quantitative estimate of drug-likeness (QED) is 0.436. The van der Waals surface area contributed by atoms with E-state index >= 15 is 0 Å². The highest BCUT2D eigenvalue weighted by Gasteiger charge is 2.24. The highest BCUT2D eigenvalue weighted by molar-refractivity contribution is 7.89. The largest absolute Gasteiger partial charge is 0.480 e. The van der Waals surface area contributed by atoms with Gasteiger partial charge in [-0.25, -0.2) is 23.1 Å². The third kappa shape index (κ3) is 4.63. The summed E-state index contributed by atoms with van der Waals surface area (Å²) in [5.74, 6) is 0.766. The highest BCUT2D eigenvalue weighted by atomic mass is 32.2. The molecule has 1 aromatic carbocycles. The number of nitrogens with two attached hydrogens (primary N) is 1. The number of ether oxygens (including phenoxy) is 1. The van der Waals surface area contributed by atoms with Crippen LogP contribution in [0.25, 0.3) is 11.1 Å². The molecule has 0 fully saturated rings. The topological polar surface area (TPSA) is 162 Å². The number of carbonyl (C=O) groups is 1. The van der Waals surface area contributed by atoms with Crippen molar-refractivity contribution in [3.63, 3.8) is 0 Å². The zero-order chi connectivity index (χ0) is 25.3. The number of benzene rings is 1. The van der Waals surface area contributed by atoms with Gasteiger partial charge in [0.25, 0.3) is 0 Å². The van der Waals surface area contributed by atoms with Crippen LogP contribution in [0.2, 0.25) is 0 Å². The molecule has 5 rings (SSSR count). The van der Waals surface area contributed by atoms with Gasteiger partial charge in [0.05, 0.1) is 26.4 Å². The van der Waals surface area contributed by atoms with Crippen molar-refractivity contribution in [2.24, 2.45) is 10.7 Å². The predicted molar refractivity (Wildman–Crippen MR) is 131 cm³/mol. The Morgan fingerprint density at radius 2 is 2.08 bits per heavy atom. The number of hydrogen-bond donors (Lipinski definition) is 3. The zero-order valence-corrected chi connectivity index (χ0v) is 20.0. The smallest absolute Gasteiger partial charge is 0.246 e. The van der Waals surface area contributed by atoms with Crippen LogP contribution in [0.5, 0.6) is 5.88 Å². The van der Waals surface area contributed by atoms with Gasteiger partial charge in [-0.1, -0.05) is 12.1 Å². The van der Waals surface area contributed by atoms with E-state index in [1.54, 1.807) is 12.3 Å². The molecule has 1 aliphatic carbocycles. The van der Waals surface area contributed by atoms with Crippen LogP contribution in [0.15, 0.2) is 80.6 Å². The van der Waals surface area contributed by atoms with Crippen molar-refractivity contribution < 1.29 is 22.4 Å². The molecule has 0 amide bonds. The van der Waals surface area contributed by atoms with Crippen molar-refractivity contribution >= 4 is 27.3 Å². The first kappa shape index (κ1) is 23.5. The first-order valence-electron chi connectivity index (χ1n) is 10.9. The van der Waals surface area contributed by atoms with E-state index in [4.69, 9.17) is 14.9 Å². The fraction of sp³-hybridized carbons (Fsp3) is 0.167. The second-order valence-electron chi connectivity index (χ2n) is 8.03. The lowest BCUT2D eigenvalue weighted by molar-refractivity contribution is -0.113. The number of ketones is 1. The van der Waals surface area contributed by atoms with Crippen molar-refractivity contribution in [3.05, 3.63) is 77.8 Å². The number of carbonyl (C=O) groups excluding carboxylic acids is 1. The average molecular weight is 507 g/mol. The Hall–Kier alpha value is -4.29. The van der Waals surface area contributed by atoms with Crippen LogP contribution in [-0.2, 0) is 27.9 Å². The van der Waals surface area contributed by atoms with Gasteiger partial charge in [-0.15, -0.1) is 0 Å². The van der Waals surface area contributed by atoms with Crippen molar-refractivity contribution in [2.75, 3.05) is 12.4 Å². The molecule has 0 atom stereocenters. The van der Waals surface area contributed by atoms with Gasteiger partial charge in [0.15, 0.2) is 5.78 Å². The summed E-state index contributed by atoms with van der Waals surface area (Å²) in [6.45, 7) is 0.272. The molecule has 184 valence electrons. The number of amidine groups is 1. The maximum atomic E-state index is 13.0. The first-order chi connectivity index (χ1) is 17.3. The summed E-state index contributed by atoms with van der Waals surface area (Å²) < 4.78 is 38.7. The lowest BCUT2D eigenvalue weighted by Gasteiger charge is -2.22. The van der Waals surface area contributed by atoms with Gasteiger partial charge in [0.2, 0.25) is 21.8 Å². The summed E-state index contributed by atoms with van der Waals surface area (Å²) in [5, 5.41) is 3.27. The second-order valence-corrected chi connectivity index (χ2v) is 9.77. The van der Waals surface area contributed by atoms with E-state index in [0.717, 1.165) is 16.8 Å². The number of nitrogens with one attached hydrogen (secondary N) is 2. The monoisotopic (exact) mass is 506 g/mol. The number of hydrogen-bond acceptors (Lipinski definition) is 10. The standard InChI is InChI=1S/C24H22N6O5S/c1-34-24-21(36(32,33)29-13-22-26-6-7-35-22)9-15(11-28-24)14-2-5-20-16(8-14)12-27-23(30-20)18-4-3-17(31)10-19(18)25/h2,4-11,29H,3,12-13,25H2,1H3,(H,27,30). The van der Waals surface area contributed by atoms with E-state index in [-0.39, 0.29) is 35.4 Å². The van der Waals surface area contributed by atoms with Crippen molar-refractivity contribution in [1.82, 2.24) is 14.7 Å². The van der Waals surface area contributed by atoms with E-state index in [0.29, 0.717) is 29.2 Å². The number of aromatic nitrogens is 2. The molecule has 0 bridgehead atoms. The number of nitrogens with zero attached hydrogens (tertiary/aromatic N) is 3. The molecule has 4 N–H and O–H groups in total. The second kappa shape index (κ2) is 9.40. The molecule has 36 heavy (non-hydrogen) atoms. The zero-order valence-electron chi connectivity index (χ0n) is 19.2. The van der Waals surface area contributed by atoms with Crippen LogP contribution in [-0.4, -0.2) is 37.1 Å². The Bertz CT molecular complexity index is 1540. The summed E-state index contributed by atoms with van der Waals surface area (Å²) in [7, 11) is -2.62. The lowest BCUT2D eigenvalue weighted by atomic mass is 9.99. The third-order valence-corrected chi connectivity index (χ3v) is 7.08. The predicted octanol–water partition coefficient (Wildman–Crippen LogP) is 2.29. The van der Waals surface area contributed by atoms with E-state index in [1.165, 1.54) is 31.7 Å². The number of fused-ring (bicyclic) bond motifs is 1. The number of anilines is 1. The van der Waals surface area contributed by atoms with Crippen molar-refractivity contribution in [3.8, 4) is 17.0 Å². The number of sulfonamides is 1. The molecule has 0 saturated carbocycles. The Morgan fingerprint density at radius 3 is 2.83 bits per heavy atom. The Kier molecular flexibility index (Phi) is 6.12. The number of aliphatic imine (C=N–C) groups is 1. The van der Waals surface area contributed by atoms with Crippen LogP contribution >= 0.6 is 0 Å². The molecule has 2 aliphatic rings. The number of pyridine rings is 1. The molecule has 0 unspecified atom stereocenters. The van der Waals surface area contributed by atoms with Gasteiger partial charge in [-0.05, 0) is 29.3 Å². The van der Waals surface area contributed by atoms with Gasteiger partial charge < -0.3 is 20.2 Å².